The monoisotopic (exact) mass is 341 g/mol. The van der Waals surface area contributed by atoms with E-state index in [0.29, 0.717) is 18.5 Å². The van der Waals surface area contributed by atoms with E-state index in [1.807, 2.05) is 18.2 Å². The van der Waals surface area contributed by atoms with Gasteiger partial charge in [0, 0.05) is 24.4 Å². The molecule has 0 unspecified atom stereocenters. The van der Waals surface area contributed by atoms with E-state index in [9.17, 15) is 0 Å². The van der Waals surface area contributed by atoms with Crippen LogP contribution in [0.4, 0.5) is 5.82 Å². The number of nitrogen functional groups attached to an aromatic ring is 1. The summed E-state index contributed by atoms with van der Waals surface area (Å²) < 4.78 is 2.29. The van der Waals surface area contributed by atoms with E-state index in [1.54, 1.807) is 0 Å². The zero-order valence-corrected chi connectivity index (χ0v) is 15.2. The van der Waals surface area contributed by atoms with Crippen LogP contribution in [0.5, 0.6) is 0 Å². The van der Waals surface area contributed by atoms with Gasteiger partial charge >= 0.3 is 0 Å². The second-order valence-electron chi connectivity index (χ2n) is 6.62. The molecule has 0 spiro atoms. The molecule has 0 fully saturated rings. The molecule has 6 nitrogen and oxygen atoms in total. The standard InChI is InChI=1S/C19H27N5O/c1-4-8-16-22-17-18(24(16)11-7-12-25-23-13(2)3)14-9-5-6-10-15(14)21-19(17)20/h5-6,9-10,13,23H,4,7-8,11-12H2,1-3H3,(H2,20,21). The second kappa shape index (κ2) is 7.80. The molecule has 6 heteroatoms. The summed E-state index contributed by atoms with van der Waals surface area (Å²) in [5.74, 6) is 1.57. The van der Waals surface area contributed by atoms with Crippen LogP contribution in [0.2, 0.25) is 0 Å². The van der Waals surface area contributed by atoms with Gasteiger partial charge in [-0.25, -0.2) is 15.4 Å². The number of hydroxylamine groups is 1. The summed E-state index contributed by atoms with van der Waals surface area (Å²) in [6.07, 6.45) is 2.87. The minimum atomic E-state index is 0.319. The molecule has 0 aliphatic heterocycles. The van der Waals surface area contributed by atoms with Crippen LogP contribution in [0.1, 0.15) is 39.4 Å². The first kappa shape index (κ1) is 17.6. The van der Waals surface area contributed by atoms with Crippen molar-refractivity contribution in [2.45, 2.75) is 52.6 Å². The summed E-state index contributed by atoms with van der Waals surface area (Å²) in [7, 11) is 0. The lowest BCUT2D eigenvalue weighted by molar-refractivity contribution is 0.0211. The Morgan fingerprint density at radius 1 is 1.24 bits per heavy atom. The highest BCUT2D eigenvalue weighted by Crippen LogP contribution is 2.29. The van der Waals surface area contributed by atoms with Gasteiger partial charge in [-0.15, -0.1) is 0 Å². The van der Waals surface area contributed by atoms with Gasteiger partial charge in [0.15, 0.2) is 5.82 Å². The van der Waals surface area contributed by atoms with Crippen molar-refractivity contribution in [3.05, 3.63) is 30.1 Å². The molecule has 0 saturated heterocycles. The molecule has 0 atom stereocenters. The summed E-state index contributed by atoms with van der Waals surface area (Å²) in [6.45, 7) is 7.79. The predicted molar refractivity (Wildman–Crippen MR) is 102 cm³/mol. The number of nitrogens with one attached hydrogen (secondary N) is 1. The number of nitrogens with zero attached hydrogens (tertiary/aromatic N) is 3. The van der Waals surface area contributed by atoms with Crippen molar-refractivity contribution < 1.29 is 4.84 Å². The Morgan fingerprint density at radius 3 is 2.80 bits per heavy atom. The van der Waals surface area contributed by atoms with E-state index in [4.69, 9.17) is 15.6 Å². The Labute approximate surface area is 148 Å². The lowest BCUT2D eigenvalue weighted by Crippen LogP contribution is -2.23. The maximum atomic E-state index is 6.19. The zero-order valence-electron chi connectivity index (χ0n) is 15.2. The molecule has 0 amide bonds. The normalized spacial score (nSPS) is 11.8. The van der Waals surface area contributed by atoms with Gasteiger partial charge in [0.25, 0.3) is 0 Å². The topological polar surface area (TPSA) is 78.0 Å². The van der Waals surface area contributed by atoms with E-state index < -0.39 is 0 Å². The summed E-state index contributed by atoms with van der Waals surface area (Å²) in [6, 6.07) is 8.43. The number of rotatable bonds is 8. The fourth-order valence-corrected chi connectivity index (χ4v) is 3.08. The van der Waals surface area contributed by atoms with Gasteiger partial charge in [0.05, 0.1) is 17.6 Å². The van der Waals surface area contributed by atoms with E-state index in [0.717, 1.165) is 53.6 Å². The maximum Gasteiger partial charge on any atom is 0.152 e. The van der Waals surface area contributed by atoms with Crippen molar-refractivity contribution >= 4 is 27.8 Å². The molecule has 3 aromatic rings. The molecule has 0 aliphatic rings. The number of aromatic nitrogens is 3. The minimum Gasteiger partial charge on any atom is -0.382 e. The Balaban J connectivity index is 1.97. The lowest BCUT2D eigenvalue weighted by atomic mass is 10.2. The smallest absolute Gasteiger partial charge is 0.152 e. The van der Waals surface area contributed by atoms with E-state index >= 15 is 0 Å². The molecule has 134 valence electrons. The van der Waals surface area contributed by atoms with Crippen molar-refractivity contribution in [3.8, 4) is 0 Å². The first-order valence-corrected chi connectivity index (χ1v) is 9.02. The predicted octanol–water partition coefficient (Wildman–Crippen LogP) is 3.44. The summed E-state index contributed by atoms with van der Waals surface area (Å²) in [5, 5.41) is 1.10. The van der Waals surface area contributed by atoms with Crippen LogP contribution in [0, 0.1) is 0 Å². The van der Waals surface area contributed by atoms with Crippen LogP contribution < -0.4 is 11.2 Å². The number of hydrogen-bond donors (Lipinski definition) is 2. The molecule has 0 radical (unpaired) electrons. The van der Waals surface area contributed by atoms with Crippen LogP contribution in [0.15, 0.2) is 24.3 Å². The average Bonchev–Trinajstić information content (AvgIpc) is 2.94. The Bertz CT molecular complexity index is 856. The highest BCUT2D eigenvalue weighted by atomic mass is 16.6. The molecule has 0 saturated carbocycles. The van der Waals surface area contributed by atoms with Gasteiger partial charge in [-0.3, -0.25) is 0 Å². The summed E-state index contributed by atoms with van der Waals surface area (Å²) >= 11 is 0. The molecular weight excluding hydrogens is 314 g/mol. The largest absolute Gasteiger partial charge is 0.382 e. The third-order valence-electron chi connectivity index (χ3n) is 4.11. The Morgan fingerprint density at radius 2 is 2.04 bits per heavy atom. The minimum absolute atomic E-state index is 0.319. The quantitative estimate of drug-likeness (QED) is 0.485. The van der Waals surface area contributed by atoms with Crippen LogP contribution >= 0.6 is 0 Å². The van der Waals surface area contributed by atoms with E-state index in [-0.39, 0.29) is 0 Å². The van der Waals surface area contributed by atoms with Crippen LogP contribution in [-0.2, 0) is 17.8 Å². The number of nitrogens with two attached hydrogens (primary N) is 1. The third kappa shape index (κ3) is 3.75. The molecular formula is C19H27N5O. The van der Waals surface area contributed by atoms with E-state index in [2.05, 4.69) is 41.9 Å². The van der Waals surface area contributed by atoms with Crippen molar-refractivity contribution in [3.63, 3.8) is 0 Å². The second-order valence-corrected chi connectivity index (χ2v) is 6.62. The highest BCUT2D eigenvalue weighted by molar-refractivity contribution is 6.06. The van der Waals surface area contributed by atoms with Crippen molar-refractivity contribution in [2.75, 3.05) is 12.3 Å². The molecule has 0 bridgehead atoms. The number of imidazole rings is 1. The first-order valence-electron chi connectivity index (χ1n) is 9.02. The van der Waals surface area contributed by atoms with Crippen molar-refractivity contribution in [2.24, 2.45) is 0 Å². The molecule has 2 heterocycles. The van der Waals surface area contributed by atoms with Gasteiger partial charge in [0.1, 0.15) is 11.3 Å². The van der Waals surface area contributed by atoms with Crippen LogP contribution in [0.3, 0.4) is 0 Å². The first-order chi connectivity index (χ1) is 12.1. The zero-order chi connectivity index (χ0) is 17.8. The fourth-order valence-electron chi connectivity index (χ4n) is 3.08. The molecule has 25 heavy (non-hydrogen) atoms. The van der Waals surface area contributed by atoms with E-state index in [1.165, 1.54) is 0 Å². The maximum absolute atomic E-state index is 6.19. The van der Waals surface area contributed by atoms with Gasteiger partial charge in [-0.05, 0) is 32.8 Å². The van der Waals surface area contributed by atoms with Gasteiger partial charge in [-0.2, -0.15) is 0 Å². The number of anilines is 1. The molecule has 3 N–H and O–H groups in total. The Hall–Kier alpha value is -2.18. The fraction of sp³-hybridized carbons (Fsp3) is 0.474. The number of hydrogen-bond acceptors (Lipinski definition) is 5. The molecule has 3 rings (SSSR count). The van der Waals surface area contributed by atoms with Gasteiger partial charge in [-0.1, -0.05) is 25.1 Å². The third-order valence-corrected chi connectivity index (χ3v) is 4.11. The summed E-state index contributed by atoms with van der Waals surface area (Å²) in [5.41, 5.74) is 12.0. The van der Waals surface area contributed by atoms with Crippen LogP contribution in [-0.4, -0.2) is 27.2 Å². The Kier molecular flexibility index (Phi) is 5.50. The molecule has 1 aromatic carbocycles. The number of fused-ring (bicyclic) bond motifs is 3. The SMILES string of the molecule is CCCc1nc2c(N)nc3ccccc3c2n1CCCONC(C)C. The molecule has 2 aromatic heterocycles. The number of pyridine rings is 1. The number of para-hydroxylation sites is 1. The summed E-state index contributed by atoms with van der Waals surface area (Å²) in [4.78, 5) is 14.8. The number of aryl methyl sites for hydroxylation is 2. The number of benzene rings is 1. The van der Waals surface area contributed by atoms with Crippen molar-refractivity contribution in [1.82, 2.24) is 20.0 Å². The highest BCUT2D eigenvalue weighted by Gasteiger charge is 2.16. The average molecular weight is 341 g/mol. The molecule has 0 aliphatic carbocycles. The van der Waals surface area contributed by atoms with Gasteiger partial charge in [0.2, 0.25) is 0 Å². The van der Waals surface area contributed by atoms with Crippen molar-refractivity contribution in [1.29, 1.82) is 0 Å². The van der Waals surface area contributed by atoms with Gasteiger partial charge < -0.3 is 15.1 Å². The van der Waals surface area contributed by atoms with Crippen LogP contribution in [0.25, 0.3) is 21.9 Å². The lowest BCUT2D eigenvalue weighted by Gasteiger charge is -2.12.